The maximum atomic E-state index is 6.27. The number of benzene rings is 6. The van der Waals surface area contributed by atoms with Crippen LogP contribution in [0.3, 0.4) is 0 Å². The minimum Gasteiger partial charge on any atom is -0.456 e. The van der Waals surface area contributed by atoms with Crippen LogP contribution in [0.5, 0.6) is 0 Å². The van der Waals surface area contributed by atoms with Crippen molar-refractivity contribution in [1.82, 2.24) is 4.57 Å². The molecule has 6 aromatic carbocycles. The molecule has 0 aliphatic carbocycles. The maximum Gasteiger partial charge on any atom is 0.178 e. The predicted molar refractivity (Wildman–Crippen MR) is 171 cm³/mol. The molecule has 0 saturated heterocycles. The molecule has 2 aliphatic rings. The molecule has 2 aromatic heterocycles. The van der Waals surface area contributed by atoms with E-state index in [4.69, 9.17) is 9.41 Å². The third-order valence-electron chi connectivity index (χ3n) is 9.07. The van der Waals surface area contributed by atoms with Gasteiger partial charge in [0.2, 0.25) is 0 Å². The number of hydrogen-bond donors (Lipinski definition) is 1. The Morgan fingerprint density at radius 1 is 0.571 bits per heavy atom. The number of nitrogens with zero attached hydrogens (tertiary/aromatic N) is 2. The molecular formula is C38H24N3O+. The van der Waals surface area contributed by atoms with E-state index >= 15 is 0 Å². The molecule has 10 rings (SSSR count). The molecule has 4 heteroatoms. The highest BCUT2D eigenvalue weighted by atomic mass is 16.3. The Morgan fingerprint density at radius 3 is 2.26 bits per heavy atom. The highest BCUT2D eigenvalue weighted by molar-refractivity contribution is 6.21. The van der Waals surface area contributed by atoms with Crippen molar-refractivity contribution in [3.63, 3.8) is 0 Å². The summed E-state index contributed by atoms with van der Waals surface area (Å²) in [5.41, 5.74) is 12.6. The third kappa shape index (κ3) is 2.96. The molecule has 0 fully saturated rings. The van der Waals surface area contributed by atoms with Gasteiger partial charge in [-0.1, -0.05) is 78.9 Å². The lowest BCUT2D eigenvalue weighted by Crippen LogP contribution is -2.81. The minimum atomic E-state index is 0.0838. The van der Waals surface area contributed by atoms with Crippen LogP contribution >= 0.6 is 0 Å². The van der Waals surface area contributed by atoms with Gasteiger partial charge in [0.25, 0.3) is 0 Å². The summed E-state index contributed by atoms with van der Waals surface area (Å²) in [6, 6.07) is 45.6. The summed E-state index contributed by atoms with van der Waals surface area (Å²) in [7, 11) is 0. The highest BCUT2D eigenvalue weighted by Crippen LogP contribution is 2.45. The lowest BCUT2D eigenvalue weighted by Gasteiger charge is -2.20. The van der Waals surface area contributed by atoms with Crippen LogP contribution in [-0.2, 0) is 0 Å². The van der Waals surface area contributed by atoms with Crippen LogP contribution in [-0.4, -0.2) is 10.4 Å². The van der Waals surface area contributed by atoms with Gasteiger partial charge in [0.05, 0.1) is 11.0 Å². The van der Waals surface area contributed by atoms with Gasteiger partial charge in [0.15, 0.2) is 17.6 Å². The predicted octanol–water partition coefficient (Wildman–Crippen LogP) is 8.87. The zero-order valence-corrected chi connectivity index (χ0v) is 22.6. The van der Waals surface area contributed by atoms with Gasteiger partial charge < -0.3 is 4.42 Å². The number of quaternary nitrogens is 1. The fourth-order valence-corrected chi connectivity index (χ4v) is 7.14. The van der Waals surface area contributed by atoms with Gasteiger partial charge >= 0.3 is 0 Å². The average molecular weight is 539 g/mol. The fraction of sp³-hybridized carbons (Fsp3) is 0.0263. The van der Waals surface area contributed by atoms with E-state index in [2.05, 4.69) is 125 Å². The quantitative estimate of drug-likeness (QED) is 0.220. The van der Waals surface area contributed by atoms with E-state index in [1.54, 1.807) is 0 Å². The number of nitrogens with two attached hydrogens (primary N) is 1. The van der Waals surface area contributed by atoms with E-state index in [-0.39, 0.29) is 6.04 Å². The molecular weight excluding hydrogens is 514 g/mol. The van der Waals surface area contributed by atoms with E-state index in [0.29, 0.717) is 0 Å². The second kappa shape index (κ2) is 8.06. The average Bonchev–Trinajstić information content (AvgIpc) is 3.69. The summed E-state index contributed by atoms with van der Waals surface area (Å²) in [6.07, 6.45) is 0. The van der Waals surface area contributed by atoms with Crippen LogP contribution in [0, 0.1) is 0 Å². The SMILES string of the molecule is c1ccc(-c2ccc3c(c2)[NH2+]C2C(=N3)n3c4ccccc4c4cc(-c5ccc6c(c5)oc5ccccc56)cc2c43)cc1. The Bertz CT molecular complexity index is 2440. The first-order valence-electron chi connectivity index (χ1n) is 14.4. The Balaban J connectivity index is 1.18. The van der Waals surface area contributed by atoms with E-state index in [9.17, 15) is 0 Å². The Morgan fingerprint density at radius 2 is 1.33 bits per heavy atom. The third-order valence-corrected chi connectivity index (χ3v) is 9.07. The van der Waals surface area contributed by atoms with Crippen molar-refractivity contribution < 1.29 is 9.73 Å². The first-order chi connectivity index (χ1) is 20.8. The van der Waals surface area contributed by atoms with Gasteiger partial charge in [-0.25, -0.2) is 4.99 Å². The van der Waals surface area contributed by atoms with Gasteiger partial charge in [-0.2, -0.15) is 0 Å². The van der Waals surface area contributed by atoms with E-state index in [0.717, 1.165) is 39.0 Å². The highest BCUT2D eigenvalue weighted by Gasteiger charge is 2.40. The summed E-state index contributed by atoms with van der Waals surface area (Å²) < 4.78 is 8.66. The number of hydrogen-bond acceptors (Lipinski definition) is 2. The van der Waals surface area contributed by atoms with Crippen molar-refractivity contribution in [1.29, 1.82) is 0 Å². The van der Waals surface area contributed by atoms with Crippen LogP contribution in [0.2, 0.25) is 0 Å². The molecule has 196 valence electrons. The molecule has 0 radical (unpaired) electrons. The molecule has 42 heavy (non-hydrogen) atoms. The summed E-state index contributed by atoms with van der Waals surface area (Å²) in [6.45, 7) is 0. The maximum absolute atomic E-state index is 6.27. The number of aromatic nitrogens is 1. The monoisotopic (exact) mass is 538 g/mol. The van der Waals surface area contributed by atoms with Crippen LogP contribution in [0.1, 0.15) is 11.6 Å². The van der Waals surface area contributed by atoms with Crippen LogP contribution in [0.15, 0.2) is 137 Å². The van der Waals surface area contributed by atoms with Crippen molar-refractivity contribution in [2.45, 2.75) is 6.04 Å². The zero-order valence-electron chi connectivity index (χ0n) is 22.6. The second-order valence-electron chi connectivity index (χ2n) is 11.4. The first-order valence-corrected chi connectivity index (χ1v) is 14.4. The number of furan rings is 1. The molecule has 2 aliphatic heterocycles. The summed E-state index contributed by atoms with van der Waals surface area (Å²) in [4.78, 5) is 5.31. The number of aliphatic imine (C=N–C) groups is 1. The molecule has 0 amide bonds. The Kier molecular flexibility index (Phi) is 4.27. The summed E-state index contributed by atoms with van der Waals surface area (Å²) in [5.74, 6) is 1.08. The Labute approximate surface area is 241 Å². The summed E-state index contributed by atoms with van der Waals surface area (Å²) in [5, 5.41) is 7.24. The minimum absolute atomic E-state index is 0.0838. The van der Waals surface area contributed by atoms with Crippen molar-refractivity contribution >= 4 is 61.0 Å². The van der Waals surface area contributed by atoms with Crippen molar-refractivity contribution in [2.24, 2.45) is 4.99 Å². The lowest BCUT2D eigenvalue weighted by atomic mass is 9.95. The van der Waals surface area contributed by atoms with Gasteiger partial charge in [-0.3, -0.25) is 9.88 Å². The molecule has 1 unspecified atom stereocenters. The van der Waals surface area contributed by atoms with Crippen LogP contribution < -0.4 is 5.32 Å². The Hall–Kier alpha value is -5.45. The van der Waals surface area contributed by atoms with Gasteiger partial charge in [0, 0.05) is 33.2 Å². The van der Waals surface area contributed by atoms with E-state index in [1.807, 2.05) is 12.1 Å². The first kappa shape index (κ1) is 22.3. The van der Waals surface area contributed by atoms with E-state index < -0.39 is 0 Å². The zero-order chi connectivity index (χ0) is 27.4. The van der Waals surface area contributed by atoms with Gasteiger partial charge in [-0.05, 0) is 64.7 Å². The number of fused-ring (bicyclic) bond motifs is 10. The second-order valence-corrected chi connectivity index (χ2v) is 11.4. The largest absolute Gasteiger partial charge is 0.456 e. The molecule has 2 N–H and O–H groups in total. The van der Waals surface area contributed by atoms with Crippen molar-refractivity contribution in [3.05, 3.63) is 133 Å². The van der Waals surface area contributed by atoms with Crippen LogP contribution in [0.4, 0.5) is 11.4 Å². The molecule has 0 spiro atoms. The molecule has 8 aromatic rings. The van der Waals surface area contributed by atoms with Crippen molar-refractivity contribution in [3.8, 4) is 22.3 Å². The molecule has 1 atom stereocenters. The number of para-hydroxylation sites is 2. The standard InChI is InChI=1S/C38H23N3O/c1-2-8-22(9-3-1)23-15-17-31-32(20-23)39-36-30-19-25(24-14-16-28-27-11-5-7-13-34(27)42-35(28)21-24)18-29-26-10-4-6-12-33(26)41(37(29)30)38(36)40-31/h1-21,36,39H/p+1. The number of rotatable bonds is 2. The normalized spacial score (nSPS) is 15.4. The molecule has 0 saturated carbocycles. The molecule has 4 heterocycles. The van der Waals surface area contributed by atoms with Crippen molar-refractivity contribution in [2.75, 3.05) is 0 Å². The topological polar surface area (TPSA) is 47.0 Å². The van der Waals surface area contributed by atoms with Gasteiger partial charge in [-0.15, -0.1) is 0 Å². The lowest BCUT2D eigenvalue weighted by molar-refractivity contribution is -0.599. The molecule has 0 bridgehead atoms. The summed E-state index contributed by atoms with van der Waals surface area (Å²) >= 11 is 0. The molecule has 4 nitrogen and oxygen atoms in total. The van der Waals surface area contributed by atoms with Crippen LogP contribution in [0.25, 0.3) is 66.0 Å². The smallest absolute Gasteiger partial charge is 0.178 e. The van der Waals surface area contributed by atoms with E-state index in [1.165, 1.54) is 49.7 Å². The fourth-order valence-electron chi connectivity index (χ4n) is 7.14. The van der Waals surface area contributed by atoms with Gasteiger partial charge in [0.1, 0.15) is 16.9 Å².